The second kappa shape index (κ2) is 24.3. The molecule has 0 saturated heterocycles. The van der Waals surface area contributed by atoms with Gasteiger partial charge in [-0.05, 0) is 49.2 Å². The Bertz CT molecular complexity index is 1560. The number of aliphatic hydroxyl groups is 2. The highest BCUT2D eigenvalue weighted by atomic mass is 16.6. The topological polar surface area (TPSA) is 136 Å². The molecule has 4 aliphatic carbocycles. The van der Waals surface area contributed by atoms with Crippen LogP contribution in [0.25, 0.3) is 0 Å². The molecule has 4 aliphatic rings. The van der Waals surface area contributed by atoms with Crippen molar-refractivity contribution >= 4 is 23.7 Å². The maximum atomic E-state index is 15.4. The van der Waals surface area contributed by atoms with Crippen molar-refractivity contribution < 1.29 is 43.6 Å². The van der Waals surface area contributed by atoms with Gasteiger partial charge in [-0.3, -0.25) is 19.2 Å². The third-order valence-electron chi connectivity index (χ3n) is 16.1. The number of ether oxygens (including phenoxy) is 3. The molecule has 9 heteroatoms. The van der Waals surface area contributed by atoms with Crippen LogP contribution in [0, 0.1) is 40.4 Å². The molecule has 4 rings (SSSR count). The molecule has 0 radical (unpaired) electrons. The first kappa shape index (κ1) is 53.1. The molecule has 1 spiro atoms. The minimum Gasteiger partial charge on any atom is -0.461 e. The fourth-order valence-corrected chi connectivity index (χ4v) is 11.7. The van der Waals surface area contributed by atoms with Crippen LogP contribution in [0.15, 0.2) is 23.3 Å². The van der Waals surface area contributed by atoms with Crippen molar-refractivity contribution in [3.63, 3.8) is 0 Å². The molecule has 360 valence electrons. The summed E-state index contributed by atoms with van der Waals surface area (Å²) in [4.78, 5) is 56.0. The van der Waals surface area contributed by atoms with E-state index in [-0.39, 0.29) is 42.7 Å². The van der Waals surface area contributed by atoms with Crippen LogP contribution in [0.4, 0.5) is 0 Å². The lowest BCUT2D eigenvalue weighted by atomic mass is 9.59. The van der Waals surface area contributed by atoms with Gasteiger partial charge in [0.2, 0.25) is 0 Å². The van der Waals surface area contributed by atoms with Gasteiger partial charge < -0.3 is 24.4 Å². The fourth-order valence-electron chi connectivity index (χ4n) is 11.7. The Hall–Kier alpha value is -2.52. The largest absolute Gasteiger partial charge is 0.461 e. The number of hydrogen-bond acceptors (Lipinski definition) is 9. The number of carbonyl (C=O) groups excluding carboxylic acids is 4. The number of hydrogen-bond donors (Lipinski definition) is 2. The number of esters is 3. The highest BCUT2D eigenvalue weighted by molar-refractivity contribution is 5.96. The molecule has 0 amide bonds. The minimum absolute atomic E-state index is 0.0436. The number of ketones is 1. The Morgan fingerprint density at radius 3 is 1.68 bits per heavy atom. The van der Waals surface area contributed by atoms with Crippen LogP contribution in [-0.4, -0.2) is 63.9 Å². The standard InChI is InChI=1S/C54H90O9/c1-10-12-14-16-18-20-21-22-23-25-26-28-30-32-44(55)61-37-42-34-43-46-51(8,9)53(46,63-45(56)33-31-29-27-24-19-17-15-13-11-2)36-40(6)52(48(43)58)35-39(5)49(54(52,60)47(42)57)62-50(59)41(7)38(3)4/h34-35,38,40-41,43,46-47,49,57,60H,10-33,36-37H2,1-9H3/t40-,41?,43+,46?,47-,49+,52?,53+,54+/m1/s1. The molecule has 2 bridgehead atoms. The molecule has 2 fully saturated rings. The molecule has 9 nitrogen and oxygen atoms in total. The summed E-state index contributed by atoms with van der Waals surface area (Å²) in [7, 11) is 0. The smallest absolute Gasteiger partial charge is 0.309 e. The average Bonchev–Trinajstić information content (AvgIpc) is 3.64. The van der Waals surface area contributed by atoms with Gasteiger partial charge in [-0.1, -0.05) is 196 Å². The molecule has 2 saturated carbocycles. The molecule has 9 atom stereocenters. The Labute approximate surface area is 382 Å². The van der Waals surface area contributed by atoms with E-state index in [1.54, 1.807) is 26.0 Å². The molecule has 0 aromatic carbocycles. The van der Waals surface area contributed by atoms with E-state index in [1.165, 1.54) is 96.3 Å². The van der Waals surface area contributed by atoms with Gasteiger partial charge in [0, 0.05) is 30.1 Å². The number of aliphatic hydroxyl groups excluding tert-OH is 1. The molecule has 63 heavy (non-hydrogen) atoms. The predicted molar refractivity (Wildman–Crippen MR) is 251 cm³/mol. The van der Waals surface area contributed by atoms with Gasteiger partial charge in [-0.2, -0.15) is 0 Å². The summed E-state index contributed by atoms with van der Waals surface area (Å²) in [6, 6.07) is 0. The Kier molecular flexibility index (Phi) is 20.5. The van der Waals surface area contributed by atoms with Crippen LogP contribution >= 0.6 is 0 Å². The number of carbonyl (C=O) groups is 4. The lowest BCUT2D eigenvalue weighted by Gasteiger charge is -2.49. The number of fused-ring (bicyclic) bond motifs is 3. The van der Waals surface area contributed by atoms with Crippen molar-refractivity contribution in [3.8, 4) is 0 Å². The van der Waals surface area contributed by atoms with E-state index in [2.05, 4.69) is 13.8 Å². The van der Waals surface area contributed by atoms with E-state index >= 15 is 4.79 Å². The van der Waals surface area contributed by atoms with Crippen LogP contribution in [0.2, 0.25) is 0 Å². The van der Waals surface area contributed by atoms with E-state index in [0.29, 0.717) is 18.4 Å². The highest BCUT2D eigenvalue weighted by Crippen LogP contribution is 2.75. The van der Waals surface area contributed by atoms with Gasteiger partial charge in [0.1, 0.15) is 18.3 Å². The van der Waals surface area contributed by atoms with Gasteiger partial charge in [-0.25, -0.2) is 0 Å². The lowest BCUT2D eigenvalue weighted by Crippen LogP contribution is -2.66. The van der Waals surface area contributed by atoms with E-state index in [9.17, 15) is 24.6 Å². The summed E-state index contributed by atoms with van der Waals surface area (Å²) >= 11 is 0. The van der Waals surface area contributed by atoms with Crippen molar-refractivity contribution in [2.24, 2.45) is 40.4 Å². The number of allylic oxidation sites excluding steroid dienone is 1. The summed E-state index contributed by atoms with van der Waals surface area (Å²) in [5, 5.41) is 25.7. The zero-order valence-electron chi connectivity index (χ0n) is 41.3. The van der Waals surface area contributed by atoms with E-state index < -0.39 is 69.9 Å². The summed E-state index contributed by atoms with van der Waals surface area (Å²) in [5.74, 6) is -3.98. The summed E-state index contributed by atoms with van der Waals surface area (Å²) in [6.45, 7) is 17.4. The molecule has 0 aromatic rings. The predicted octanol–water partition coefficient (Wildman–Crippen LogP) is 12.3. The van der Waals surface area contributed by atoms with Crippen molar-refractivity contribution in [2.45, 2.75) is 246 Å². The van der Waals surface area contributed by atoms with E-state index in [1.807, 2.05) is 34.6 Å². The lowest BCUT2D eigenvalue weighted by molar-refractivity contribution is -0.207. The van der Waals surface area contributed by atoms with Crippen LogP contribution in [-0.2, 0) is 33.4 Å². The van der Waals surface area contributed by atoms with Crippen LogP contribution in [0.5, 0.6) is 0 Å². The van der Waals surface area contributed by atoms with Gasteiger partial charge in [0.25, 0.3) is 0 Å². The first-order valence-corrected chi connectivity index (χ1v) is 25.9. The first-order valence-electron chi connectivity index (χ1n) is 25.9. The maximum Gasteiger partial charge on any atom is 0.309 e. The Balaban J connectivity index is 1.49. The number of Topliss-reactive ketones (excluding diaryl/α,β-unsaturated/α-hetero) is 1. The van der Waals surface area contributed by atoms with Gasteiger partial charge in [-0.15, -0.1) is 0 Å². The second-order valence-electron chi connectivity index (χ2n) is 21.4. The van der Waals surface area contributed by atoms with Crippen molar-refractivity contribution in [3.05, 3.63) is 23.3 Å². The highest BCUT2D eigenvalue weighted by Gasteiger charge is 2.83. The molecule has 2 N–H and O–H groups in total. The normalized spacial score (nSPS) is 29.8. The molecule has 0 heterocycles. The van der Waals surface area contributed by atoms with Crippen LogP contribution in [0.3, 0.4) is 0 Å². The Morgan fingerprint density at radius 2 is 1.21 bits per heavy atom. The quantitative estimate of drug-likeness (QED) is 0.0313. The van der Waals surface area contributed by atoms with Gasteiger partial charge in [0.05, 0.1) is 11.3 Å². The molecule has 0 aromatic heterocycles. The van der Waals surface area contributed by atoms with Crippen molar-refractivity contribution in [1.29, 1.82) is 0 Å². The SMILES string of the molecule is CCCCCCCCCCCCCCCC(=O)OCC1=C[C@@H]2C(=O)C3(C=C(C)[C@H](OC(=O)C(C)C(C)C)[C@@]3(O)[C@@H]1O)[C@H](C)C[C@]1(OC(=O)CCCCCCCCCCC)C2C1(C)C. The molecular formula is C54H90O9. The van der Waals surface area contributed by atoms with Gasteiger partial charge >= 0.3 is 17.9 Å². The summed E-state index contributed by atoms with van der Waals surface area (Å²) < 4.78 is 18.6. The third kappa shape index (κ3) is 12.1. The van der Waals surface area contributed by atoms with Crippen LogP contribution < -0.4 is 0 Å². The van der Waals surface area contributed by atoms with Gasteiger partial charge in [0.15, 0.2) is 17.5 Å². The Morgan fingerprint density at radius 1 is 0.746 bits per heavy atom. The molecule has 3 unspecified atom stereocenters. The first-order chi connectivity index (χ1) is 30.0. The minimum atomic E-state index is -2.30. The summed E-state index contributed by atoms with van der Waals surface area (Å²) in [6.07, 6.45) is 27.0. The maximum absolute atomic E-state index is 15.4. The zero-order valence-corrected chi connectivity index (χ0v) is 41.3. The van der Waals surface area contributed by atoms with Crippen molar-refractivity contribution in [1.82, 2.24) is 0 Å². The number of rotatable bonds is 30. The number of unbranched alkanes of at least 4 members (excludes halogenated alkanes) is 20. The molecule has 0 aliphatic heterocycles. The third-order valence-corrected chi connectivity index (χ3v) is 16.1. The summed E-state index contributed by atoms with van der Waals surface area (Å²) in [5.41, 5.74) is -4.89. The van der Waals surface area contributed by atoms with Crippen molar-refractivity contribution in [2.75, 3.05) is 6.61 Å². The fraction of sp³-hybridized carbons (Fsp3) is 0.852. The molecular weight excluding hydrogens is 793 g/mol. The second-order valence-corrected chi connectivity index (χ2v) is 21.4. The average molecular weight is 883 g/mol. The monoisotopic (exact) mass is 883 g/mol. The van der Waals surface area contributed by atoms with Crippen LogP contribution in [0.1, 0.15) is 223 Å². The van der Waals surface area contributed by atoms with E-state index in [0.717, 1.165) is 38.5 Å². The zero-order chi connectivity index (χ0) is 46.4. The van der Waals surface area contributed by atoms with E-state index in [4.69, 9.17) is 14.2 Å².